The Balaban J connectivity index is 2.05. The number of ether oxygens (including phenoxy) is 1. The highest BCUT2D eigenvalue weighted by atomic mass is 16.6. The molecule has 0 aliphatic heterocycles. The predicted molar refractivity (Wildman–Crippen MR) is 83.0 cm³/mol. The van der Waals surface area contributed by atoms with Gasteiger partial charge in [0.1, 0.15) is 24.9 Å². The van der Waals surface area contributed by atoms with Gasteiger partial charge in [-0.25, -0.2) is 4.79 Å². The molecule has 1 amide bonds. The summed E-state index contributed by atoms with van der Waals surface area (Å²) in [4.78, 5) is 22.3. The van der Waals surface area contributed by atoms with Crippen molar-refractivity contribution in [1.29, 1.82) is 0 Å². The van der Waals surface area contributed by atoms with Gasteiger partial charge in [-0.15, -0.1) is 0 Å². The normalized spacial score (nSPS) is 15.3. The second kappa shape index (κ2) is 7.68. The number of rotatable bonds is 6. The molecule has 0 unspecified atom stereocenters. The molecule has 0 radical (unpaired) electrons. The molecule has 23 heavy (non-hydrogen) atoms. The van der Waals surface area contributed by atoms with E-state index in [0.29, 0.717) is 16.4 Å². The second-order valence-electron chi connectivity index (χ2n) is 4.87. The molecule has 0 fully saturated rings. The number of fused-ring (bicyclic) bond motifs is 1. The average molecular weight is 320 g/mol. The van der Waals surface area contributed by atoms with Crippen LogP contribution in [-0.2, 0) is 9.53 Å². The summed E-state index contributed by atoms with van der Waals surface area (Å²) in [5.74, 6) is 0. The zero-order chi connectivity index (χ0) is 17.7. The first kappa shape index (κ1) is 15.4. The number of aliphatic hydroxyl groups is 3. The average Bonchev–Trinajstić information content (AvgIpc) is 2.63. The van der Waals surface area contributed by atoms with Gasteiger partial charge in [0.15, 0.2) is 7.70 Å². The number of aldehydes is 1. The maximum Gasteiger partial charge on any atom is 0.411 e. The Morgan fingerprint density at radius 2 is 1.91 bits per heavy atom. The second-order valence-corrected chi connectivity index (χ2v) is 4.87. The first-order valence-electron chi connectivity index (χ1n) is 7.33. The van der Waals surface area contributed by atoms with E-state index >= 15 is 0 Å². The van der Waals surface area contributed by atoms with E-state index in [1.54, 1.807) is 24.3 Å². The lowest BCUT2D eigenvalue weighted by atomic mass is 10.1. The summed E-state index contributed by atoms with van der Waals surface area (Å²) in [5, 5.41) is 30.1. The SMILES string of the molecule is [2H]N(C(=O)OC[C@@H](O)[C@@H](O)[C@@H](O)C=O)c1cccc2ccccc12. The van der Waals surface area contributed by atoms with E-state index < -0.39 is 31.0 Å². The molecule has 3 atom stereocenters. The maximum absolute atomic E-state index is 11.9. The molecule has 0 heterocycles. The lowest BCUT2D eigenvalue weighted by Gasteiger charge is -2.19. The zero-order valence-corrected chi connectivity index (χ0v) is 12.1. The van der Waals surface area contributed by atoms with Crippen molar-refractivity contribution in [2.24, 2.45) is 0 Å². The van der Waals surface area contributed by atoms with Crippen LogP contribution < -0.4 is 5.31 Å². The minimum Gasteiger partial charge on any atom is -0.446 e. The summed E-state index contributed by atoms with van der Waals surface area (Å²) in [5.41, 5.74) is 0.293. The van der Waals surface area contributed by atoms with Crippen molar-refractivity contribution in [2.75, 3.05) is 11.9 Å². The highest BCUT2D eigenvalue weighted by molar-refractivity contribution is 6.00. The third-order valence-corrected chi connectivity index (χ3v) is 3.24. The summed E-state index contributed by atoms with van der Waals surface area (Å²) in [6.45, 7) is -0.676. The van der Waals surface area contributed by atoms with Gasteiger partial charge in [-0.3, -0.25) is 5.31 Å². The van der Waals surface area contributed by atoms with Crippen LogP contribution in [0.4, 0.5) is 10.5 Å². The summed E-state index contributed by atoms with van der Waals surface area (Å²) in [6, 6.07) is 12.3. The van der Waals surface area contributed by atoms with Gasteiger partial charge in [-0.05, 0) is 11.5 Å². The van der Waals surface area contributed by atoms with E-state index in [-0.39, 0.29) is 6.29 Å². The molecule has 0 bridgehead atoms. The molecular formula is C16H17NO6. The highest BCUT2D eigenvalue weighted by Gasteiger charge is 2.25. The summed E-state index contributed by atoms with van der Waals surface area (Å²) < 4.78 is 12.6. The summed E-state index contributed by atoms with van der Waals surface area (Å²) >= 11 is 0. The van der Waals surface area contributed by atoms with Crippen LogP contribution in [0.15, 0.2) is 42.5 Å². The Kier molecular flexibility index (Phi) is 5.15. The smallest absolute Gasteiger partial charge is 0.411 e. The van der Waals surface area contributed by atoms with E-state index in [4.69, 9.17) is 11.3 Å². The molecule has 0 spiro atoms. The van der Waals surface area contributed by atoms with Crippen LogP contribution in [0.3, 0.4) is 0 Å². The van der Waals surface area contributed by atoms with Crippen LogP contribution in [0.5, 0.6) is 0 Å². The van der Waals surface area contributed by atoms with Crippen molar-refractivity contribution in [3.63, 3.8) is 0 Å². The van der Waals surface area contributed by atoms with Crippen LogP contribution in [0.2, 0.25) is 1.41 Å². The molecule has 7 nitrogen and oxygen atoms in total. The van der Waals surface area contributed by atoms with Gasteiger partial charge >= 0.3 is 6.09 Å². The van der Waals surface area contributed by atoms with E-state index in [2.05, 4.69) is 0 Å². The van der Waals surface area contributed by atoms with Gasteiger partial charge < -0.3 is 24.9 Å². The van der Waals surface area contributed by atoms with Crippen molar-refractivity contribution < 1.29 is 31.1 Å². The van der Waals surface area contributed by atoms with Gasteiger partial charge in [-0.2, -0.15) is 0 Å². The van der Waals surface area contributed by atoms with Crippen molar-refractivity contribution in [3.8, 4) is 0 Å². The minimum absolute atomic E-state index is 0.0581. The standard InChI is InChI=1S/C16H17NO6/c18-8-13(19)15(21)14(20)9-23-16(22)17-12-7-3-5-10-4-1-2-6-11(10)12/h1-8,13-15,19-21H,9H2,(H,17,22)/t13-,14+,15-/m0/s1/i/hD. The third kappa shape index (κ3) is 4.26. The van der Waals surface area contributed by atoms with E-state index in [0.717, 1.165) is 5.39 Å². The molecule has 2 aromatic rings. The fraction of sp³-hybridized carbons (Fsp3) is 0.250. The third-order valence-electron chi connectivity index (χ3n) is 3.24. The van der Waals surface area contributed by atoms with Gasteiger partial charge in [0, 0.05) is 5.39 Å². The molecular weight excluding hydrogens is 302 g/mol. The van der Waals surface area contributed by atoms with Crippen LogP contribution in [0.1, 0.15) is 0 Å². The molecule has 2 aromatic carbocycles. The topological polar surface area (TPSA) is 116 Å². The fourth-order valence-corrected chi connectivity index (χ4v) is 2.00. The Morgan fingerprint density at radius 1 is 1.22 bits per heavy atom. The van der Waals surface area contributed by atoms with Gasteiger partial charge in [0.25, 0.3) is 0 Å². The number of hydrogen-bond acceptors (Lipinski definition) is 6. The fourth-order valence-electron chi connectivity index (χ4n) is 2.00. The highest BCUT2D eigenvalue weighted by Crippen LogP contribution is 2.22. The molecule has 0 aliphatic carbocycles. The number of carbonyl (C=O) groups excluding carboxylic acids is 2. The first-order valence-corrected chi connectivity index (χ1v) is 6.88. The van der Waals surface area contributed by atoms with Crippen molar-refractivity contribution in [1.82, 2.24) is 0 Å². The molecule has 0 saturated carbocycles. The van der Waals surface area contributed by atoms with Crippen LogP contribution in [0.25, 0.3) is 10.8 Å². The predicted octanol–water partition coefficient (Wildman–Crippen LogP) is 0.670. The zero-order valence-electron chi connectivity index (χ0n) is 13.1. The van der Waals surface area contributed by atoms with E-state index in [1.165, 1.54) is 0 Å². The number of hydrogen-bond donors (Lipinski definition) is 4. The van der Waals surface area contributed by atoms with Gasteiger partial charge in [0.05, 0.1) is 5.69 Å². The molecule has 7 heteroatoms. The van der Waals surface area contributed by atoms with E-state index in [9.17, 15) is 19.8 Å². The number of aliphatic hydroxyl groups excluding tert-OH is 3. The minimum atomic E-state index is -1.79. The van der Waals surface area contributed by atoms with E-state index in [1.807, 2.05) is 18.2 Å². The van der Waals surface area contributed by atoms with Crippen molar-refractivity contribution in [2.45, 2.75) is 18.3 Å². The Bertz CT molecular complexity index is 719. The van der Waals surface area contributed by atoms with Crippen molar-refractivity contribution in [3.05, 3.63) is 42.5 Å². The largest absolute Gasteiger partial charge is 0.446 e. The lowest BCUT2D eigenvalue weighted by Crippen LogP contribution is -2.41. The van der Waals surface area contributed by atoms with Crippen LogP contribution >= 0.6 is 0 Å². The number of amides is 1. The molecule has 122 valence electrons. The van der Waals surface area contributed by atoms with Crippen LogP contribution in [0, 0.1) is 0 Å². The monoisotopic (exact) mass is 320 g/mol. The number of benzene rings is 2. The Morgan fingerprint density at radius 3 is 2.65 bits per heavy atom. The first-order chi connectivity index (χ1) is 11.5. The maximum atomic E-state index is 11.9. The van der Waals surface area contributed by atoms with Crippen molar-refractivity contribution >= 4 is 28.8 Å². The molecule has 0 aliphatic rings. The van der Waals surface area contributed by atoms with Crippen LogP contribution in [-0.4, -0.2) is 52.6 Å². The number of anilines is 1. The quantitative estimate of drug-likeness (QED) is 0.581. The Labute approximate surface area is 133 Å². The molecule has 4 N–H and O–H groups in total. The number of nitrogens with one attached hydrogen (secondary N) is 1. The lowest BCUT2D eigenvalue weighted by molar-refractivity contribution is -0.127. The number of carbonyl (C=O) groups is 2. The Hall–Kier alpha value is -2.48. The molecule has 0 saturated heterocycles. The van der Waals surface area contributed by atoms with Gasteiger partial charge in [-0.1, -0.05) is 36.4 Å². The summed E-state index contributed by atoms with van der Waals surface area (Å²) in [6.07, 6.45) is -6.24. The van der Waals surface area contributed by atoms with Gasteiger partial charge in [0.2, 0.25) is 0 Å². The summed E-state index contributed by atoms with van der Waals surface area (Å²) in [7, 11) is 0. The molecule has 0 aromatic heterocycles. The molecule has 2 rings (SSSR count).